The second kappa shape index (κ2) is 8.71. The Bertz CT molecular complexity index is 1350. The van der Waals surface area contributed by atoms with Gasteiger partial charge in [-0.2, -0.15) is 0 Å². The summed E-state index contributed by atoms with van der Waals surface area (Å²) in [4.78, 5) is 33.4. The monoisotopic (exact) mass is 446 g/mol. The van der Waals surface area contributed by atoms with Gasteiger partial charge in [0.15, 0.2) is 0 Å². The number of pyridine rings is 1. The number of hydrogen-bond donors (Lipinski definition) is 3. The molecule has 1 atom stereocenters. The highest BCUT2D eigenvalue weighted by Crippen LogP contribution is 2.32. The molecule has 0 aliphatic carbocycles. The minimum Gasteiger partial charge on any atom is -0.366 e. The zero-order valence-corrected chi connectivity index (χ0v) is 19.6. The largest absolute Gasteiger partial charge is 0.366 e. The molecular weight excluding hydrogens is 416 g/mol. The van der Waals surface area contributed by atoms with E-state index in [0.29, 0.717) is 11.1 Å². The minimum absolute atomic E-state index is 0.0124. The molecule has 0 spiro atoms. The number of aromatic amines is 1. The molecule has 0 radical (unpaired) electrons. The molecule has 4 N–H and O–H groups in total. The predicted octanol–water partition coefficient (Wildman–Crippen LogP) is 3.54. The molecule has 8 heteroatoms. The first-order valence-electron chi connectivity index (χ1n) is 11.0. The summed E-state index contributed by atoms with van der Waals surface area (Å²) in [6.07, 6.45) is 7.16. The summed E-state index contributed by atoms with van der Waals surface area (Å²) >= 11 is 0. The number of hydrazine groups is 1. The second-order valence-electron chi connectivity index (χ2n) is 8.88. The Balaban J connectivity index is 1.81. The molecule has 0 saturated heterocycles. The number of rotatable bonds is 5. The predicted molar refractivity (Wildman–Crippen MR) is 131 cm³/mol. The van der Waals surface area contributed by atoms with Crippen LogP contribution in [0.5, 0.6) is 0 Å². The van der Waals surface area contributed by atoms with Gasteiger partial charge in [0.25, 0.3) is 11.5 Å². The standard InChI is InChI=1S/C25H30N6O2/c1-14(2)30-12-16(4)22-19(10-18(11-21(22)30)23-27-7-6-8-28-23)25(33)31(26)13-20-15(3)9-17(5)29-24(20)32/h6-12,14,23,27H,13,26H2,1-5H3,(H,29,32). The maximum atomic E-state index is 13.6. The van der Waals surface area contributed by atoms with Crippen LogP contribution < -0.4 is 16.7 Å². The van der Waals surface area contributed by atoms with Gasteiger partial charge in [0.05, 0.1) is 12.1 Å². The Kier molecular flexibility index (Phi) is 5.95. The molecule has 1 aliphatic heterocycles. The van der Waals surface area contributed by atoms with Crippen molar-refractivity contribution in [2.24, 2.45) is 10.8 Å². The van der Waals surface area contributed by atoms with Crippen LogP contribution in [-0.2, 0) is 6.54 Å². The summed E-state index contributed by atoms with van der Waals surface area (Å²) in [7, 11) is 0. The van der Waals surface area contributed by atoms with Crippen LogP contribution in [0, 0.1) is 20.8 Å². The van der Waals surface area contributed by atoms with E-state index in [1.54, 1.807) is 6.21 Å². The van der Waals surface area contributed by atoms with Gasteiger partial charge in [-0.1, -0.05) is 0 Å². The number of aryl methyl sites for hydroxylation is 3. The topological polar surface area (TPSA) is 109 Å². The summed E-state index contributed by atoms with van der Waals surface area (Å²) in [5.74, 6) is 5.91. The fraction of sp³-hybridized carbons (Fsp3) is 0.320. The van der Waals surface area contributed by atoms with E-state index in [2.05, 4.69) is 46.0 Å². The number of aromatic nitrogens is 2. The molecule has 2 aromatic heterocycles. The average molecular weight is 447 g/mol. The van der Waals surface area contributed by atoms with Crippen molar-refractivity contribution in [3.63, 3.8) is 0 Å². The highest BCUT2D eigenvalue weighted by molar-refractivity contribution is 6.08. The van der Waals surface area contributed by atoms with Crippen molar-refractivity contribution in [1.82, 2.24) is 19.9 Å². The van der Waals surface area contributed by atoms with Crippen molar-refractivity contribution in [1.29, 1.82) is 0 Å². The molecule has 1 amide bonds. The molecule has 1 aromatic carbocycles. The number of benzene rings is 1. The van der Waals surface area contributed by atoms with Crippen LogP contribution >= 0.6 is 0 Å². The zero-order valence-electron chi connectivity index (χ0n) is 19.6. The molecule has 172 valence electrons. The van der Waals surface area contributed by atoms with Crippen molar-refractivity contribution in [2.45, 2.75) is 53.4 Å². The highest BCUT2D eigenvalue weighted by atomic mass is 16.2. The van der Waals surface area contributed by atoms with Gasteiger partial charge < -0.3 is 14.9 Å². The van der Waals surface area contributed by atoms with E-state index in [0.717, 1.165) is 38.3 Å². The van der Waals surface area contributed by atoms with E-state index >= 15 is 0 Å². The number of carbonyl (C=O) groups excluding carboxylic acids is 1. The number of carbonyl (C=O) groups is 1. The summed E-state index contributed by atoms with van der Waals surface area (Å²) in [6.45, 7) is 9.89. The Morgan fingerprint density at radius 1 is 1.21 bits per heavy atom. The third-order valence-corrected chi connectivity index (χ3v) is 6.00. The summed E-state index contributed by atoms with van der Waals surface area (Å²) in [5.41, 5.74) is 5.12. The SMILES string of the molecule is Cc1cc(C)c(CN(N)C(=O)c2cc(C3N=CC=CN3)cc3c2c(C)cn3C(C)C)c(=O)[nH]1. The van der Waals surface area contributed by atoms with E-state index in [-0.39, 0.29) is 30.2 Å². The molecule has 0 saturated carbocycles. The van der Waals surface area contributed by atoms with Crippen molar-refractivity contribution in [3.05, 3.63) is 80.5 Å². The first-order valence-corrected chi connectivity index (χ1v) is 11.0. The molecular formula is C25H30N6O2. The van der Waals surface area contributed by atoms with Crippen LogP contribution in [0.4, 0.5) is 0 Å². The number of amides is 1. The van der Waals surface area contributed by atoms with E-state index in [9.17, 15) is 9.59 Å². The highest BCUT2D eigenvalue weighted by Gasteiger charge is 2.24. The lowest BCUT2D eigenvalue weighted by atomic mass is 10.0. The normalized spacial score (nSPS) is 15.3. The van der Waals surface area contributed by atoms with Crippen molar-refractivity contribution < 1.29 is 4.79 Å². The van der Waals surface area contributed by atoms with Gasteiger partial charge in [0.2, 0.25) is 0 Å². The van der Waals surface area contributed by atoms with Gasteiger partial charge in [-0.15, -0.1) is 0 Å². The van der Waals surface area contributed by atoms with Gasteiger partial charge in [-0.3, -0.25) is 19.6 Å². The number of nitrogens with one attached hydrogen (secondary N) is 2. The number of aliphatic imine (C=N–C) groups is 1. The number of nitrogens with zero attached hydrogens (tertiary/aromatic N) is 3. The third kappa shape index (κ3) is 4.21. The molecule has 3 aromatic rings. The van der Waals surface area contributed by atoms with E-state index in [1.807, 2.05) is 45.2 Å². The second-order valence-corrected chi connectivity index (χ2v) is 8.88. The number of H-pyrrole nitrogens is 1. The Morgan fingerprint density at radius 2 is 1.97 bits per heavy atom. The molecule has 3 heterocycles. The summed E-state index contributed by atoms with van der Waals surface area (Å²) in [6, 6.07) is 6.01. The molecule has 0 fully saturated rings. The van der Waals surface area contributed by atoms with Crippen LogP contribution in [-0.4, -0.2) is 26.7 Å². The molecule has 8 nitrogen and oxygen atoms in total. The molecule has 1 unspecified atom stereocenters. The summed E-state index contributed by atoms with van der Waals surface area (Å²) in [5, 5.41) is 5.20. The van der Waals surface area contributed by atoms with Gasteiger partial charge in [-0.05, 0) is 81.8 Å². The maximum Gasteiger partial charge on any atom is 0.268 e. The number of allylic oxidation sites excluding steroid dienone is 1. The molecule has 4 rings (SSSR count). The fourth-order valence-electron chi connectivity index (χ4n) is 4.39. The van der Waals surface area contributed by atoms with Gasteiger partial charge in [-0.25, -0.2) is 5.84 Å². The van der Waals surface area contributed by atoms with Crippen molar-refractivity contribution in [2.75, 3.05) is 0 Å². The first kappa shape index (κ1) is 22.5. The number of nitrogens with two attached hydrogens (primary N) is 1. The van der Waals surface area contributed by atoms with E-state index in [4.69, 9.17) is 5.84 Å². The van der Waals surface area contributed by atoms with Crippen LogP contribution in [0.15, 0.2) is 46.5 Å². The molecule has 1 aliphatic rings. The summed E-state index contributed by atoms with van der Waals surface area (Å²) < 4.78 is 2.16. The van der Waals surface area contributed by atoms with Crippen LogP contribution in [0.25, 0.3) is 10.9 Å². The van der Waals surface area contributed by atoms with Crippen molar-refractivity contribution >= 4 is 23.0 Å². The fourth-order valence-corrected chi connectivity index (χ4v) is 4.39. The van der Waals surface area contributed by atoms with E-state index in [1.165, 1.54) is 0 Å². The van der Waals surface area contributed by atoms with Gasteiger partial charge in [0.1, 0.15) is 6.17 Å². The average Bonchev–Trinajstić information content (AvgIpc) is 3.12. The van der Waals surface area contributed by atoms with Crippen LogP contribution in [0.2, 0.25) is 0 Å². The lowest BCUT2D eigenvalue weighted by Gasteiger charge is -2.21. The number of fused-ring (bicyclic) bond motifs is 1. The first-order chi connectivity index (χ1) is 15.7. The minimum atomic E-state index is -0.346. The van der Waals surface area contributed by atoms with Crippen LogP contribution in [0.1, 0.15) is 64.4 Å². The maximum absolute atomic E-state index is 13.6. The number of hydrogen-bond acceptors (Lipinski definition) is 5. The quantitative estimate of drug-likeness (QED) is 0.316. The smallest absolute Gasteiger partial charge is 0.268 e. The lowest BCUT2D eigenvalue weighted by Crippen LogP contribution is -2.39. The molecule has 33 heavy (non-hydrogen) atoms. The van der Waals surface area contributed by atoms with E-state index < -0.39 is 0 Å². The van der Waals surface area contributed by atoms with Gasteiger partial charge in [0, 0.05) is 40.6 Å². The Morgan fingerprint density at radius 3 is 2.61 bits per heavy atom. The Labute approximate surface area is 192 Å². The Hall–Kier alpha value is -3.65. The molecule has 0 bridgehead atoms. The zero-order chi connectivity index (χ0) is 23.9. The lowest BCUT2D eigenvalue weighted by molar-refractivity contribution is 0.0744. The third-order valence-electron chi connectivity index (χ3n) is 6.00. The van der Waals surface area contributed by atoms with Crippen LogP contribution in [0.3, 0.4) is 0 Å². The van der Waals surface area contributed by atoms with Gasteiger partial charge >= 0.3 is 0 Å². The van der Waals surface area contributed by atoms with Crippen molar-refractivity contribution in [3.8, 4) is 0 Å².